The molecule has 0 N–H and O–H groups in total. The van der Waals surface area contributed by atoms with E-state index in [1.54, 1.807) is 25.3 Å². The third-order valence-electron chi connectivity index (χ3n) is 5.88. The molecule has 2 aromatic rings. The number of amides is 2. The summed E-state index contributed by atoms with van der Waals surface area (Å²) in [6, 6.07) is 14.5. The number of benzene rings is 2. The summed E-state index contributed by atoms with van der Waals surface area (Å²) in [4.78, 5) is 32.8. The molecule has 2 aromatic carbocycles. The summed E-state index contributed by atoms with van der Waals surface area (Å²) in [5.41, 5.74) is 2.13. The number of hydrogen-bond acceptors (Lipinski definition) is 6. The molecule has 2 amide bonds. The van der Waals surface area contributed by atoms with Crippen LogP contribution >= 0.6 is 0 Å². The molecule has 7 heteroatoms. The van der Waals surface area contributed by atoms with Crippen molar-refractivity contribution in [3.8, 4) is 11.5 Å². The maximum absolute atomic E-state index is 13.6. The van der Waals surface area contributed by atoms with E-state index >= 15 is 0 Å². The van der Waals surface area contributed by atoms with Crippen molar-refractivity contribution in [2.75, 3.05) is 51.8 Å². The molecule has 2 heterocycles. The van der Waals surface area contributed by atoms with Gasteiger partial charge in [0.25, 0.3) is 11.8 Å². The lowest BCUT2D eigenvalue weighted by molar-refractivity contribution is -0.120. The van der Waals surface area contributed by atoms with E-state index < -0.39 is 0 Å². The van der Waals surface area contributed by atoms with E-state index in [1.807, 2.05) is 30.3 Å². The molecule has 0 atom stereocenters. The maximum Gasteiger partial charge on any atom is 0.282 e. The standard InChI is InChI=1S/C24H27N3O4/c1-4-25-12-14-26(15-13-25)22-21(17-8-6-5-7-9-17)23(28)27(24(22)29)18-10-11-19(30-2)20(16-18)31-3/h5-11,16H,4,12-15H2,1-3H3. The molecule has 0 spiro atoms. The Labute approximate surface area is 182 Å². The van der Waals surface area contributed by atoms with Gasteiger partial charge < -0.3 is 19.3 Å². The first-order valence-electron chi connectivity index (χ1n) is 10.5. The summed E-state index contributed by atoms with van der Waals surface area (Å²) in [5.74, 6) is 0.377. The SMILES string of the molecule is CCN1CCN(C2=C(c3ccccc3)C(=O)N(c3ccc(OC)c(OC)c3)C2=O)CC1. The van der Waals surface area contributed by atoms with Gasteiger partial charge in [-0.3, -0.25) is 9.59 Å². The molecule has 1 saturated heterocycles. The fourth-order valence-corrected chi connectivity index (χ4v) is 4.16. The molecule has 0 aliphatic carbocycles. The predicted molar refractivity (Wildman–Crippen MR) is 119 cm³/mol. The highest BCUT2D eigenvalue weighted by Gasteiger charge is 2.43. The molecule has 0 bridgehead atoms. The van der Waals surface area contributed by atoms with Gasteiger partial charge in [-0.15, -0.1) is 0 Å². The predicted octanol–water partition coefficient (Wildman–Crippen LogP) is 2.63. The summed E-state index contributed by atoms with van der Waals surface area (Å²) in [6.07, 6.45) is 0. The number of carbonyl (C=O) groups is 2. The third kappa shape index (κ3) is 3.77. The minimum atomic E-state index is -0.323. The summed E-state index contributed by atoms with van der Waals surface area (Å²) in [5, 5.41) is 0. The lowest BCUT2D eigenvalue weighted by atomic mass is 10.0. The smallest absolute Gasteiger partial charge is 0.282 e. The molecule has 0 radical (unpaired) electrons. The Morgan fingerprint density at radius 1 is 0.839 bits per heavy atom. The number of anilines is 1. The zero-order valence-corrected chi connectivity index (χ0v) is 18.1. The normalized spacial score (nSPS) is 17.5. The van der Waals surface area contributed by atoms with E-state index in [0.29, 0.717) is 41.5 Å². The molecule has 0 aromatic heterocycles. The van der Waals surface area contributed by atoms with Crippen LogP contribution in [0.2, 0.25) is 0 Å². The van der Waals surface area contributed by atoms with Crippen molar-refractivity contribution in [1.29, 1.82) is 0 Å². The lowest BCUT2D eigenvalue weighted by Crippen LogP contribution is -2.47. The van der Waals surface area contributed by atoms with Gasteiger partial charge in [0.2, 0.25) is 0 Å². The number of methoxy groups -OCH3 is 2. The van der Waals surface area contributed by atoms with Crippen molar-refractivity contribution in [3.05, 3.63) is 59.8 Å². The van der Waals surface area contributed by atoms with Gasteiger partial charge in [-0.05, 0) is 24.2 Å². The third-order valence-corrected chi connectivity index (χ3v) is 5.88. The zero-order valence-electron chi connectivity index (χ0n) is 18.1. The summed E-state index contributed by atoms with van der Waals surface area (Å²) in [6.45, 7) is 6.24. The fraction of sp³-hybridized carbons (Fsp3) is 0.333. The molecule has 2 aliphatic heterocycles. The zero-order chi connectivity index (χ0) is 22.0. The van der Waals surface area contributed by atoms with Gasteiger partial charge in [-0.2, -0.15) is 0 Å². The number of carbonyl (C=O) groups excluding carboxylic acids is 2. The molecule has 162 valence electrons. The molecule has 0 saturated carbocycles. The lowest BCUT2D eigenvalue weighted by Gasteiger charge is -2.36. The van der Waals surface area contributed by atoms with Crippen LogP contribution in [0.5, 0.6) is 11.5 Å². The van der Waals surface area contributed by atoms with Crippen molar-refractivity contribution >= 4 is 23.1 Å². The first kappa shape index (κ1) is 20.9. The van der Waals surface area contributed by atoms with E-state index in [1.165, 1.54) is 12.0 Å². The molecule has 7 nitrogen and oxygen atoms in total. The molecule has 31 heavy (non-hydrogen) atoms. The second-order valence-electron chi connectivity index (χ2n) is 7.50. The number of ether oxygens (including phenoxy) is 2. The number of nitrogens with zero attached hydrogens (tertiary/aromatic N) is 3. The quantitative estimate of drug-likeness (QED) is 0.669. The topological polar surface area (TPSA) is 62.3 Å². The van der Waals surface area contributed by atoms with Crippen LogP contribution in [-0.4, -0.2) is 68.6 Å². The summed E-state index contributed by atoms with van der Waals surface area (Å²) >= 11 is 0. The van der Waals surface area contributed by atoms with Gasteiger partial charge in [0.05, 0.1) is 25.5 Å². The van der Waals surface area contributed by atoms with Crippen molar-refractivity contribution in [2.24, 2.45) is 0 Å². The average molecular weight is 421 g/mol. The van der Waals surface area contributed by atoms with E-state index in [9.17, 15) is 9.59 Å². The average Bonchev–Trinajstić information content (AvgIpc) is 3.09. The molecule has 1 fully saturated rings. The van der Waals surface area contributed by atoms with Gasteiger partial charge in [0.1, 0.15) is 5.70 Å². The Morgan fingerprint density at radius 2 is 1.52 bits per heavy atom. The molecular weight excluding hydrogens is 394 g/mol. The number of imide groups is 1. The van der Waals surface area contributed by atoms with Gasteiger partial charge in [-0.1, -0.05) is 37.3 Å². The fourth-order valence-electron chi connectivity index (χ4n) is 4.16. The minimum Gasteiger partial charge on any atom is -0.493 e. The van der Waals surface area contributed by atoms with Crippen LogP contribution in [0.15, 0.2) is 54.2 Å². The Balaban J connectivity index is 1.76. The van der Waals surface area contributed by atoms with Crippen LogP contribution < -0.4 is 14.4 Å². The monoisotopic (exact) mass is 421 g/mol. The second-order valence-corrected chi connectivity index (χ2v) is 7.50. The Morgan fingerprint density at radius 3 is 2.13 bits per heavy atom. The number of piperazine rings is 1. The van der Waals surface area contributed by atoms with Gasteiger partial charge in [0, 0.05) is 32.2 Å². The Hall–Kier alpha value is -3.32. The highest BCUT2D eigenvalue weighted by atomic mass is 16.5. The summed E-state index contributed by atoms with van der Waals surface area (Å²) < 4.78 is 10.7. The van der Waals surface area contributed by atoms with Gasteiger partial charge in [0.15, 0.2) is 11.5 Å². The Kier molecular flexibility index (Phi) is 5.95. The van der Waals surface area contributed by atoms with Crippen molar-refractivity contribution < 1.29 is 19.1 Å². The number of hydrogen-bond donors (Lipinski definition) is 0. The van der Waals surface area contributed by atoms with Crippen LogP contribution in [0.4, 0.5) is 5.69 Å². The molecule has 4 rings (SSSR count). The Bertz CT molecular complexity index is 1010. The first-order chi connectivity index (χ1) is 15.1. The highest BCUT2D eigenvalue weighted by molar-refractivity contribution is 6.45. The second kappa shape index (κ2) is 8.81. The molecule has 0 unspecified atom stereocenters. The van der Waals surface area contributed by atoms with Crippen LogP contribution in [-0.2, 0) is 9.59 Å². The van der Waals surface area contributed by atoms with Crippen molar-refractivity contribution in [3.63, 3.8) is 0 Å². The van der Waals surface area contributed by atoms with E-state index in [4.69, 9.17) is 9.47 Å². The maximum atomic E-state index is 13.6. The minimum absolute atomic E-state index is 0.305. The van der Waals surface area contributed by atoms with E-state index in [0.717, 1.165) is 25.2 Å². The number of rotatable bonds is 6. The van der Waals surface area contributed by atoms with Crippen LogP contribution in [0.25, 0.3) is 5.57 Å². The highest BCUT2D eigenvalue weighted by Crippen LogP contribution is 2.38. The van der Waals surface area contributed by atoms with Crippen LogP contribution in [0.3, 0.4) is 0 Å². The summed E-state index contributed by atoms with van der Waals surface area (Å²) in [7, 11) is 3.08. The van der Waals surface area contributed by atoms with Gasteiger partial charge in [-0.25, -0.2) is 4.90 Å². The van der Waals surface area contributed by atoms with Crippen molar-refractivity contribution in [2.45, 2.75) is 6.92 Å². The van der Waals surface area contributed by atoms with Crippen molar-refractivity contribution in [1.82, 2.24) is 9.80 Å². The first-order valence-corrected chi connectivity index (χ1v) is 10.5. The molecule has 2 aliphatic rings. The number of likely N-dealkylation sites (N-methyl/N-ethyl adjacent to an activating group) is 1. The molecular formula is C24H27N3O4. The van der Waals surface area contributed by atoms with Crippen LogP contribution in [0, 0.1) is 0 Å². The van der Waals surface area contributed by atoms with Crippen LogP contribution in [0.1, 0.15) is 12.5 Å². The van der Waals surface area contributed by atoms with E-state index in [2.05, 4.69) is 16.7 Å². The van der Waals surface area contributed by atoms with E-state index in [-0.39, 0.29) is 11.8 Å². The van der Waals surface area contributed by atoms with Gasteiger partial charge >= 0.3 is 0 Å². The largest absolute Gasteiger partial charge is 0.493 e.